The fraction of sp³-hybridized carbons (Fsp3) is 0.364. The summed E-state index contributed by atoms with van der Waals surface area (Å²) in [6.07, 6.45) is 1.58. The van der Waals surface area contributed by atoms with E-state index in [1.54, 1.807) is 0 Å². The molecule has 0 atom stereocenters. The quantitative estimate of drug-likeness (QED) is 0.461. The molecule has 17 heavy (non-hydrogen) atoms. The number of ether oxygens (including phenoxy) is 1. The minimum absolute atomic E-state index is 0.0155. The number of hydrogen-bond donors (Lipinski definition) is 0. The van der Waals surface area contributed by atoms with Gasteiger partial charge in [0, 0.05) is 6.07 Å². The van der Waals surface area contributed by atoms with Gasteiger partial charge in [0.2, 0.25) is 5.82 Å². The van der Waals surface area contributed by atoms with Crippen molar-refractivity contribution in [3.05, 3.63) is 39.2 Å². The van der Waals surface area contributed by atoms with E-state index in [4.69, 9.17) is 0 Å². The van der Waals surface area contributed by atoms with Gasteiger partial charge in [0.15, 0.2) is 0 Å². The van der Waals surface area contributed by atoms with Crippen LogP contribution in [0.25, 0.3) is 0 Å². The number of hydrogen-bond acceptors (Lipinski definition) is 4. The Morgan fingerprint density at radius 1 is 1.53 bits per heavy atom. The lowest BCUT2D eigenvalue weighted by atomic mass is 10.0. The van der Waals surface area contributed by atoms with Crippen molar-refractivity contribution in [1.29, 1.82) is 0 Å². The molecule has 2 rings (SSSR count). The van der Waals surface area contributed by atoms with Crippen LogP contribution in [0.1, 0.15) is 34.7 Å². The summed E-state index contributed by atoms with van der Waals surface area (Å²) in [5.74, 6) is -1.56. The third-order valence-corrected chi connectivity index (χ3v) is 2.72. The Hall–Kier alpha value is -1.98. The van der Waals surface area contributed by atoms with E-state index >= 15 is 0 Å². The van der Waals surface area contributed by atoms with Crippen LogP contribution in [0.4, 0.5) is 10.1 Å². The molecule has 0 aliphatic heterocycles. The molecule has 0 N–H and O–H groups in total. The fourth-order valence-electron chi connectivity index (χ4n) is 1.69. The van der Waals surface area contributed by atoms with Crippen molar-refractivity contribution in [2.24, 2.45) is 0 Å². The van der Waals surface area contributed by atoms with Crippen molar-refractivity contribution < 1.29 is 18.8 Å². The Labute approximate surface area is 96.3 Å². The van der Waals surface area contributed by atoms with Crippen LogP contribution in [0.5, 0.6) is 0 Å². The van der Waals surface area contributed by atoms with E-state index in [2.05, 4.69) is 4.74 Å². The number of benzene rings is 1. The van der Waals surface area contributed by atoms with Gasteiger partial charge in [0.1, 0.15) is 0 Å². The summed E-state index contributed by atoms with van der Waals surface area (Å²) in [6.45, 7) is 0. The molecular formula is C11H10FNO4. The Bertz CT molecular complexity index is 496. The van der Waals surface area contributed by atoms with Gasteiger partial charge in [-0.15, -0.1) is 0 Å². The molecule has 0 amide bonds. The number of nitrogens with zero attached hydrogens (tertiary/aromatic N) is 1. The van der Waals surface area contributed by atoms with Crippen molar-refractivity contribution >= 4 is 11.7 Å². The predicted molar refractivity (Wildman–Crippen MR) is 56.4 cm³/mol. The zero-order valence-electron chi connectivity index (χ0n) is 9.10. The predicted octanol–water partition coefficient (Wildman–Crippen LogP) is 2.40. The highest BCUT2D eigenvalue weighted by molar-refractivity contribution is 5.90. The number of nitro benzene ring substituents is 1. The van der Waals surface area contributed by atoms with Gasteiger partial charge in [-0.05, 0) is 30.4 Å². The van der Waals surface area contributed by atoms with E-state index in [0.29, 0.717) is 0 Å². The summed E-state index contributed by atoms with van der Waals surface area (Å²) in [5.41, 5.74) is -0.420. The molecule has 0 saturated heterocycles. The topological polar surface area (TPSA) is 69.4 Å². The van der Waals surface area contributed by atoms with Crippen LogP contribution >= 0.6 is 0 Å². The number of halogens is 1. The molecule has 0 unspecified atom stereocenters. The molecule has 1 aliphatic carbocycles. The molecule has 0 heterocycles. The van der Waals surface area contributed by atoms with Crippen molar-refractivity contribution in [2.45, 2.75) is 18.8 Å². The standard InChI is InChI=1S/C11H10FNO4/c1-17-11(14)7-4-8(6-2-3-6)10(12)9(5-7)13(15)16/h4-6H,2-3H2,1H3. The summed E-state index contributed by atoms with van der Waals surface area (Å²) in [4.78, 5) is 21.2. The average Bonchev–Trinajstić information content (AvgIpc) is 3.12. The van der Waals surface area contributed by atoms with E-state index in [1.165, 1.54) is 13.2 Å². The van der Waals surface area contributed by atoms with E-state index in [-0.39, 0.29) is 17.0 Å². The Morgan fingerprint density at radius 3 is 2.65 bits per heavy atom. The molecule has 0 bridgehead atoms. The van der Waals surface area contributed by atoms with E-state index in [0.717, 1.165) is 18.9 Å². The Balaban J connectivity index is 2.55. The largest absolute Gasteiger partial charge is 0.465 e. The number of esters is 1. The third-order valence-electron chi connectivity index (χ3n) is 2.72. The molecular weight excluding hydrogens is 229 g/mol. The van der Waals surface area contributed by atoms with Gasteiger partial charge in [-0.2, -0.15) is 4.39 Å². The monoisotopic (exact) mass is 239 g/mol. The van der Waals surface area contributed by atoms with E-state index in [1.807, 2.05) is 0 Å². The highest BCUT2D eigenvalue weighted by Gasteiger charge is 2.32. The van der Waals surface area contributed by atoms with Gasteiger partial charge in [0.05, 0.1) is 17.6 Å². The van der Waals surface area contributed by atoms with Gasteiger partial charge < -0.3 is 4.74 Å². The molecule has 6 heteroatoms. The SMILES string of the molecule is COC(=O)c1cc(C2CC2)c(F)c([N+](=O)[O-])c1. The van der Waals surface area contributed by atoms with Crippen LogP contribution in [0.3, 0.4) is 0 Å². The smallest absolute Gasteiger partial charge is 0.338 e. The Kier molecular flexibility index (Phi) is 2.79. The lowest BCUT2D eigenvalue weighted by Crippen LogP contribution is -2.06. The highest BCUT2D eigenvalue weighted by atomic mass is 19.1. The van der Waals surface area contributed by atoms with Crippen molar-refractivity contribution in [2.75, 3.05) is 7.11 Å². The van der Waals surface area contributed by atoms with E-state index < -0.39 is 22.4 Å². The van der Waals surface area contributed by atoms with Crippen LogP contribution in [0.2, 0.25) is 0 Å². The van der Waals surface area contributed by atoms with Crippen LogP contribution in [0, 0.1) is 15.9 Å². The molecule has 90 valence electrons. The van der Waals surface area contributed by atoms with E-state index in [9.17, 15) is 19.3 Å². The second-order valence-electron chi connectivity index (χ2n) is 3.92. The van der Waals surface area contributed by atoms with Crippen LogP contribution in [-0.2, 0) is 4.74 Å². The second-order valence-corrected chi connectivity index (χ2v) is 3.92. The van der Waals surface area contributed by atoms with Gasteiger partial charge in [-0.3, -0.25) is 10.1 Å². The number of carbonyl (C=O) groups is 1. The molecule has 0 spiro atoms. The zero-order valence-corrected chi connectivity index (χ0v) is 9.10. The number of carbonyl (C=O) groups excluding carboxylic acids is 1. The van der Waals surface area contributed by atoms with Gasteiger partial charge in [-0.1, -0.05) is 0 Å². The molecule has 0 aromatic heterocycles. The molecule has 1 saturated carbocycles. The summed E-state index contributed by atoms with van der Waals surface area (Å²) in [6, 6.07) is 2.25. The third kappa shape index (κ3) is 2.11. The molecule has 1 aromatic carbocycles. The lowest BCUT2D eigenvalue weighted by molar-refractivity contribution is -0.387. The highest BCUT2D eigenvalue weighted by Crippen LogP contribution is 2.43. The second kappa shape index (κ2) is 4.12. The molecule has 1 aromatic rings. The van der Waals surface area contributed by atoms with Gasteiger partial charge in [0.25, 0.3) is 0 Å². The average molecular weight is 239 g/mol. The summed E-state index contributed by atoms with van der Waals surface area (Å²) in [5, 5.41) is 10.7. The van der Waals surface area contributed by atoms with Crippen molar-refractivity contribution in [1.82, 2.24) is 0 Å². The number of rotatable bonds is 3. The fourth-order valence-corrected chi connectivity index (χ4v) is 1.69. The van der Waals surface area contributed by atoms with Crippen LogP contribution < -0.4 is 0 Å². The maximum atomic E-state index is 13.8. The lowest BCUT2D eigenvalue weighted by Gasteiger charge is -2.05. The minimum Gasteiger partial charge on any atom is -0.465 e. The number of nitro groups is 1. The summed E-state index contributed by atoms with van der Waals surface area (Å²) in [7, 11) is 1.17. The molecule has 0 radical (unpaired) electrons. The first-order chi connectivity index (χ1) is 8.04. The maximum absolute atomic E-state index is 13.8. The minimum atomic E-state index is -0.842. The normalized spacial score (nSPS) is 14.5. The zero-order chi connectivity index (χ0) is 12.6. The molecule has 1 fully saturated rings. The maximum Gasteiger partial charge on any atom is 0.338 e. The van der Waals surface area contributed by atoms with Crippen molar-refractivity contribution in [3.63, 3.8) is 0 Å². The van der Waals surface area contributed by atoms with Crippen molar-refractivity contribution in [3.8, 4) is 0 Å². The molecule has 1 aliphatic rings. The van der Waals surface area contributed by atoms with Crippen LogP contribution in [0.15, 0.2) is 12.1 Å². The summed E-state index contributed by atoms with van der Waals surface area (Å²) < 4.78 is 18.2. The van der Waals surface area contributed by atoms with Crippen LogP contribution in [-0.4, -0.2) is 18.0 Å². The first-order valence-electron chi connectivity index (χ1n) is 5.10. The van der Waals surface area contributed by atoms with Gasteiger partial charge in [-0.25, -0.2) is 4.79 Å². The molecule has 5 nitrogen and oxygen atoms in total. The Morgan fingerprint density at radius 2 is 2.18 bits per heavy atom. The first-order valence-corrected chi connectivity index (χ1v) is 5.10. The number of methoxy groups -OCH3 is 1. The van der Waals surface area contributed by atoms with Gasteiger partial charge >= 0.3 is 11.7 Å². The first kappa shape index (κ1) is 11.5. The summed E-state index contributed by atoms with van der Waals surface area (Å²) >= 11 is 0.